The second-order valence-corrected chi connectivity index (χ2v) is 11.4. The van der Waals surface area contributed by atoms with Gasteiger partial charge < -0.3 is 20.1 Å². The molecule has 0 spiro atoms. The molecule has 2 N–H and O–H groups in total. The zero-order valence-electron chi connectivity index (χ0n) is 23.3. The summed E-state index contributed by atoms with van der Waals surface area (Å²) < 4.78 is 11.2. The molecular weight excluding hydrogens is 564 g/mol. The van der Waals surface area contributed by atoms with Crippen LogP contribution in [0.1, 0.15) is 11.3 Å². The molecule has 43 heavy (non-hydrogen) atoms. The first-order chi connectivity index (χ1) is 21.1. The van der Waals surface area contributed by atoms with Gasteiger partial charge in [-0.3, -0.25) is 14.7 Å². The number of ether oxygens (including phenoxy) is 2. The number of likely N-dealkylation sites (tertiary alicyclic amines) is 1. The normalized spacial score (nSPS) is 20.8. The molecule has 4 aromatic rings. The number of carbonyl (C=O) groups is 1. The lowest BCUT2D eigenvalue weighted by Gasteiger charge is -2.35. The average Bonchev–Trinajstić information content (AvgIpc) is 3.44. The first-order valence-corrected chi connectivity index (χ1v) is 14.6. The Morgan fingerprint density at radius 3 is 2.72 bits per heavy atom. The van der Waals surface area contributed by atoms with E-state index in [1.165, 1.54) is 12.4 Å². The highest BCUT2D eigenvalue weighted by Crippen LogP contribution is 2.52. The molecule has 2 saturated heterocycles. The summed E-state index contributed by atoms with van der Waals surface area (Å²) >= 11 is 6.54. The molecule has 0 unspecified atom stereocenters. The maximum atomic E-state index is 12.3. The number of piperidine rings is 1. The third-order valence-electron chi connectivity index (χ3n) is 8.25. The Labute approximate surface area is 254 Å². The largest absolute Gasteiger partial charge is 0.486 e. The number of carbonyl (C=O) groups excluding carboxylic acids is 1. The third-order valence-corrected chi connectivity index (χ3v) is 8.54. The number of hydrogen-bond acceptors (Lipinski definition) is 8. The number of pyridine rings is 1. The quantitative estimate of drug-likeness (QED) is 0.216. The summed E-state index contributed by atoms with van der Waals surface area (Å²) in [5.41, 5.74) is 3.52. The van der Waals surface area contributed by atoms with Gasteiger partial charge >= 0.3 is 0 Å². The van der Waals surface area contributed by atoms with E-state index in [1.54, 1.807) is 18.3 Å². The molecule has 9 nitrogen and oxygen atoms in total. The minimum atomic E-state index is -0.316. The van der Waals surface area contributed by atoms with Gasteiger partial charge in [0.2, 0.25) is 5.91 Å². The lowest BCUT2D eigenvalue weighted by atomic mass is 10.1. The van der Waals surface area contributed by atoms with Crippen LogP contribution in [0.15, 0.2) is 73.7 Å². The van der Waals surface area contributed by atoms with Crippen LogP contribution in [-0.4, -0.2) is 58.1 Å². The Morgan fingerprint density at radius 1 is 1.14 bits per heavy atom. The third kappa shape index (κ3) is 5.77. The lowest BCUT2D eigenvalue weighted by Crippen LogP contribution is -2.48. The molecule has 4 heterocycles. The molecular formula is C33H29ClN6O3. The number of fused-ring (bicyclic) bond motifs is 2. The van der Waals surface area contributed by atoms with E-state index in [0.29, 0.717) is 63.8 Å². The van der Waals surface area contributed by atoms with Crippen molar-refractivity contribution in [3.05, 3.63) is 90.0 Å². The zero-order chi connectivity index (χ0) is 29.3. The van der Waals surface area contributed by atoms with Crippen LogP contribution in [0.5, 0.6) is 5.75 Å². The number of aromatic nitrogens is 3. The number of anilines is 3. The molecule has 2 aromatic heterocycles. The summed E-state index contributed by atoms with van der Waals surface area (Å²) in [6, 6.07) is 15.4. The second-order valence-electron chi connectivity index (χ2n) is 11.0. The van der Waals surface area contributed by atoms with Gasteiger partial charge in [-0.15, -0.1) is 0 Å². The van der Waals surface area contributed by atoms with Crippen LogP contribution < -0.4 is 15.4 Å². The Balaban J connectivity index is 1.11. The summed E-state index contributed by atoms with van der Waals surface area (Å²) in [6.45, 7) is 7.76. The minimum absolute atomic E-state index is 0.310. The van der Waals surface area contributed by atoms with Crippen LogP contribution in [0, 0.1) is 29.6 Å². The average molecular weight is 593 g/mol. The van der Waals surface area contributed by atoms with Crippen LogP contribution in [0.2, 0.25) is 5.02 Å². The topological polar surface area (TPSA) is 102 Å². The molecule has 1 amide bonds. The predicted octanol–water partition coefficient (Wildman–Crippen LogP) is 5.05. The standard InChI is InChI=1S/C33H29ClN6O3/c1-2-32(41)39-29-13-25-30(11-20(29)6-8-24-26-14-40(15-27(24)26)23-17-42-18-23)36-19-37-33(25)38-21-7-9-31(28(34)12-21)43-16-22-5-3-4-10-35-22/h2-5,7,9-13,19,23-24,26-27H,1,14-18H2,(H,39,41)(H,36,37,38)/t24-,26-,27+. The van der Waals surface area contributed by atoms with Gasteiger partial charge in [0.25, 0.3) is 0 Å². The highest BCUT2D eigenvalue weighted by molar-refractivity contribution is 6.32. The van der Waals surface area contributed by atoms with E-state index in [0.717, 1.165) is 43.1 Å². The van der Waals surface area contributed by atoms with Gasteiger partial charge in [0.15, 0.2) is 0 Å². The van der Waals surface area contributed by atoms with Crippen LogP contribution in [0.25, 0.3) is 10.9 Å². The zero-order valence-corrected chi connectivity index (χ0v) is 24.1. The Kier molecular flexibility index (Phi) is 7.41. The Hall–Kier alpha value is -4.49. The maximum absolute atomic E-state index is 12.3. The summed E-state index contributed by atoms with van der Waals surface area (Å²) in [5, 5.41) is 7.41. The van der Waals surface area contributed by atoms with E-state index in [-0.39, 0.29) is 5.91 Å². The molecule has 0 radical (unpaired) electrons. The van der Waals surface area contributed by atoms with Gasteiger partial charge in [0.05, 0.1) is 46.7 Å². The van der Waals surface area contributed by atoms with Gasteiger partial charge in [0.1, 0.15) is 24.5 Å². The van der Waals surface area contributed by atoms with Gasteiger partial charge in [-0.2, -0.15) is 0 Å². The maximum Gasteiger partial charge on any atom is 0.247 e. The highest BCUT2D eigenvalue weighted by Gasteiger charge is 2.56. The number of benzene rings is 2. The molecule has 2 aromatic carbocycles. The van der Waals surface area contributed by atoms with Crippen molar-refractivity contribution in [3.8, 4) is 17.6 Å². The molecule has 216 valence electrons. The van der Waals surface area contributed by atoms with Crippen molar-refractivity contribution in [2.75, 3.05) is 36.9 Å². The molecule has 1 saturated carbocycles. The number of nitrogens with one attached hydrogen (secondary N) is 2. The molecule has 3 aliphatic rings. The van der Waals surface area contributed by atoms with E-state index >= 15 is 0 Å². The van der Waals surface area contributed by atoms with Crippen LogP contribution >= 0.6 is 11.6 Å². The molecule has 10 heteroatoms. The van der Waals surface area contributed by atoms with Crippen LogP contribution in [0.4, 0.5) is 17.2 Å². The van der Waals surface area contributed by atoms with Crippen molar-refractivity contribution in [3.63, 3.8) is 0 Å². The fourth-order valence-electron chi connectivity index (χ4n) is 5.73. The Bertz CT molecular complexity index is 1760. The van der Waals surface area contributed by atoms with E-state index in [9.17, 15) is 4.79 Å². The Morgan fingerprint density at radius 2 is 2.00 bits per heavy atom. The molecule has 2 aliphatic heterocycles. The second kappa shape index (κ2) is 11.7. The summed E-state index contributed by atoms with van der Waals surface area (Å²) in [6.07, 6.45) is 4.46. The molecule has 3 atom stereocenters. The first kappa shape index (κ1) is 27.3. The van der Waals surface area contributed by atoms with E-state index in [1.807, 2.05) is 36.4 Å². The van der Waals surface area contributed by atoms with Crippen molar-refractivity contribution in [1.82, 2.24) is 19.9 Å². The predicted molar refractivity (Wildman–Crippen MR) is 165 cm³/mol. The number of hydrogen-bond donors (Lipinski definition) is 2. The van der Waals surface area contributed by atoms with Crippen molar-refractivity contribution in [2.45, 2.75) is 12.6 Å². The minimum Gasteiger partial charge on any atom is -0.486 e. The van der Waals surface area contributed by atoms with E-state index in [4.69, 9.17) is 21.1 Å². The van der Waals surface area contributed by atoms with Gasteiger partial charge in [-0.25, -0.2) is 9.97 Å². The molecule has 0 bridgehead atoms. The van der Waals surface area contributed by atoms with Gasteiger partial charge in [0, 0.05) is 36.3 Å². The molecule has 1 aliphatic carbocycles. The number of rotatable bonds is 8. The fourth-order valence-corrected chi connectivity index (χ4v) is 5.96. The van der Waals surface area contributed by atoms with Gasteiger partial charge in [-0.05, 0) is 60.4 Å². The van der Waals surface area contributed by atoms with E-state index in [2.05, 4.69) is 48.9 Å². The summed E-state index contributed by atoms with van der Waals surface area (Å²) in [7, 11) is 0. The van der Waals surface area contributed by atoms with Crippen LogP contribution in [-0.2, 0) is 16.1 Å². The summed E-state index contributed by atoms with van der Waals surface area (Å²) in [4.78, 5) is 28.1. The van der Waals surface area contributed by atoms with Crippen molar-refractivity contribution in [1.29, 1.82) is 0 Å². The number of nitrogens with zero attached hydrogens (tertiary/aromatic N) is 4. The number of halogens is 1. The fraction of sp³-hybridized carbons (Fsp3) is 0.273. The van der Waals surface area contributed by atoms with Gasteiger partial charge in [-0.1, -0.05) is 36.1 Å². The highest BCUT2D eigenvalue weighted by atomic mass is 35.5. The monoisotopic (exact) mass is 592 g/mol. The molecule has 7 rings (SSSR count). The smallest absolute Gasteiger partial charge is 0.247 e. The van der Waals surface area contributed by atoms with Crippen LogP contribution in [0.3, 0.4) is 0 Å². The summed E-state index contributed by atoms with van der Waals surface area (Å²) in [5.74, 6) is 9.21. The van der Waals surface area contributed by atoms with Crippen molar-refractivity contribution >= 4 is 45.6 Å². The first-order valence-electron chi connectivity index (χ1n) is 14.2. The van der Waals surface area contributed by atoms with Crippen molar-refractivity contribution in [2.24, 2.45) is 17.8 Å². The number of amides is 1. The molecule has 3 fully saturated rings. The van der Waals surface area contributed by atoms with Crippen molar-refractivity contribution < 1.29 is 14.3 Å². The van der Waals surface area contributed by atoms with E-state index < -0.39 is 0 Å². The lowest BCUT2D eigenvalue weighted by molar-refractivity contribution is -0.111. The SMILES string of the molecule is C=CC(=O)Nc1cc2c(Nc3ccc(OCc4ccccn4)c(Cl)c3)ncnc2cc1C#C[C@@H]1[C@H]2CN(C3COC3)C[C@@H]12.